The number of imide groups is 1. The van der Waals surface area contributed by atoms with Gasteiger partial charge < -0.3 is 11.1 Å². The molecule has 0 unspecified atom stereocenters. The quantitative estimate of drug-likeness (QED) is 0.507. The average Bonchev–Trinajstić information content (AvgIpc) is 2.85. The number of sulfonamides is 1. The first-order chi connectivity index (χ1) is 13.4. The largest absolute Gasteiger partial charge is 0.435 e. The summed E-state index contributed by atoms with van der Waals surface area (Å²) in [4.78, 5) is 24.7. The van der Waals surface area contributed by atoms with Crippen molar-refractivity contribution in [2.45, 2.75) is 23.7 Å². The van der Waals surface area contributed by atoms with Gasteiger partial charge in [0.25, 0.3) is 11.6 Å². The Balaban J connectivity index is 2.08. The van der Waals surface area contributed by atoms with Crippen LogP contribution in [0.2, 0.25) is 0 Å². The van der Waals surface area contributed by atoms with Crippen LogP contribution in [0.3, 0.4) is 0 Å². The second-order valence-corrected chi connectivity index (χ2v) is 8.01. The summed E-state index contributed by atoms with van der Waals surface area (Å²) in [5.74, 6) is -1.82. The Kier molecular flexibility index (Phi) is 4.79. The molecule has 12 heteroatoms. The van der Waals surface area contributed by atoms with E-state index in [0.717, 1.165) is 12.1 Å². The van der Waals surface area contributed by atoms with Crippen LogP contribution in [0.4, 0.5) is 29.3 Å². The molecule has 8 nitrogen and oxygen atoms in total. The number of nitrogens with one attached hydrogen (secondary N) is 2. The van der Waals surface area contributed by atoms with E-state index in [1.165, 1.54) is 40.4 Å². The fourth-order valence-corrected chi connectivity index (χ4v) is 4.03. The van der Waals surface area contributed by atoms with Gasteiger partial charge in [-0.1, -0.05) is 12.1 Å². The number of nitrogens with zero attached hydrogens (tertiary/aromatic N) is 1. The molecular formula is C17H15F3N4O4S. The minimum atomic E-state index is -5.47. The maximum Gasteiger partial charge on any atom is 0.435 e. The Morgan fingerprint density at radius 2 is 1.72 bits per heavy atom. The number of halogens is 3. The number of rotatable bonds is 4. The van der Waals surface area contributed by atoms with Gasteiger partial charge in [0.05, 0.1) is 10.6 Å². The van der Waals surface area contributed by atoms with E-state index in [4.69, 9.17) is 5.73 Å². The summed E-state index contributed by atoms with van der Waals surface area (Å²) in [6.45, 7) is 1.61. The number of hydrogen-bond donors (Lipinski definition) is 3. The van der Waals surface area contributed by atoms with Crippen molar-refractivity contribution in [2.75, 3.05) is 10.6 Å². The van der Waals surface area contributed by atoms with Crippen molar-refractivity contribution in [3.8, 4) is 0 Å². The second-order valence-electron chi connectivity index (χ2n) is 6.33. The van der Waals surface area contributed by atoms with Gasteiger partial charge in [-0.05, 0) is 48.9 Å². The predicted molar refractivity (Wildman–Crippen MR) is 97.2 cm³/mol. The van der Waals surface area contributed by atoms with Crippen LogP contribution in [-0.4, -0.2) is 32.2 Å². The Hall–Kier alpha value is -3.12. The summed E-state index contributed by atoms with van der Waals surface area (Å²) in [6.07, 6.45) is -5.47. The highest BCUT2D eigenvalue weighted by molar-refractivity contribution is 7.89. The van der Waals surface area contributed by atoms with Crippen LogP contribution in [0.25, 0.3) is 0 Å². The van der Waals surface area contributed by atoms with E-state index in [0.29, 0.717) is 5.56 Å². The maximum atomic E-state index is 13.9. The number of nitrogens with two attached hydrogens (primary N) is 1. The van der Waals surface area contributed by atoms with Crippen LogP contribution in [0, 0.1) is 6.92 Å². The highest BCUT2D eigenvalue weighted by Crippen LogP contribution is 2.37. The molecule has 4 N–H and O–H groups in total. The van der Waals surface area contributed by atoms with Crippen molar-refractivity contribution < 1.29 is 31.2 Å². The molecule has 3 rings (SSSR count). The number of carbonyl (C=O) groups is 2. The van der Waals surface area contributed by atoms with Gasteiger partial charge in [0.2, 0.25) is 10.0 Å². The van der Waals surface area contributed by atoms with Crippen LogP contribution in [-0.2, 0) is 14.8 Å². The molecule has 3 amide bonds. The zero-order chi connectivity index (χ0) is 21.6. The Labute approximate surface area is 163 Å². The first-order valence-corrected chi connectivity index (χ1v) is 9.55. The molecule has 2 aromatic rings. The number of nitrogen functional groups attached to an aromatic ring is 1. The third kappa shape index (κ3) is 3.51. The van der Waals surface area contributed by atoms with E-state index < -0.39 is 38.7 Å². The van der Waals surface area contributed by atoms with Crippen molar-refractivity contribution in [1.82, 2.24) is 10.0 Å². The summed E-state index contributed by atoms with van der Waals surface area (Å²) in [7, 11) is -4.86. The minimum absolute atomic E-state index is 0.134. The van der Waals surface area contributed by atoms with Gasteiger partial charge in [0.15, 0.2) is 0 Å². The highest BCUT2D eigenvalue weighted by Gasteiger charge is 2.69. The fraction of sp³-hybridized carbons (Fsp3) is 0.176. The van der Waals surface area contributed by atoms with Gasteiger partial charge in [0.1, 0.15) is 0 Å². The summed E-state index contributed by atoms with van der Waals surface area (Å²) < 4.78 is 68.1. The zero-order valence-electron chi connectivity index (χ0n) is 14.8. The lowest BCUT2D eigenvalue weighted by Gasteiger charge is -2.29. The number of aryl methyl sites for hydroxylation is 1. The normalized spacial score (nSPS) is 20.1. The number of alkyl halides is 3. The lowest BCUT2D eigenvalue weighted by atomic mass is 10.1. The van der Waals surface area contributed by atoms with Crippen molar-refractivity contribution in [1.29, 1.82) is 0 Å². The molecule has 154 valence electrons. The van der Waals surface area contributed by atoms with Crippen LogP contribution in [0.15, 0.2) is 53.4 Å². The summed E-state index contributed by atoms with van der Waals surface area (Å²) >= 11 is 0. The molecule has 29 heavy (non-hydrogen) atoms. The number of benzene rings is 2. The lowest BCUT2D eigenvalue weighted by Crippen LogP contribution is -2.69. The van der Waals surface area contributed by atoms with Crippen molar-refractivity contribution >= 4 is 33.3 Å². The number of hydrogen-bond acceptors (Lipinski definition) is 5. The van der Waals surface area contributed by atoms with Crippen molar-refractivity contribution in [3.63, 3.8) is 0 Å². The van der Waals surface area contributed by atoms with Gasteiger partial charge >= 0.3 is 12.2 Å². The predicted octanol–water partition coefficient (Wildman–Crippen LogP) is 1.87. The topological polar surface area (TPSA) is 122 Å². The van der Waals surface area contributed by atoms with Gasteiger partial charge in [-0.2, -0.15) is 17.9 Å². The van der Waals surface area contributed by atoms with Crippen molar-refractivity contribution in [2.24, 2.45) is 0 Å². The molecule has 0 spiro atoms. The molecule has 1 heterocycles. The van der Waals surface area contributed by atoms with Gasteiger partial charge in [-0.3, -0.25) is 4.79 Å². The number of amides is 3. The molecule has 1 aliphatic rings. The monoisotopic (exact) mass is 428 g/mol. The minimum Gasteiger partial charge on any atom is -0.399 e. The highest BCUT2D eigenvalue weighted by atomic mass is 32.2. The molecule has 0 aliphatic carbocycles. The Morgan fingerprint density at radius 1 is 1.10 bits per heavy atom. The molecule has 0 bridgehead atoms. The summed E-state index contributed by atoms with van der Waals surface area (Å²) in [5.41, 5.74) is 2.21. The van der Waals surface area contributed by atoms with E-state index in [-0.39, 0.29) is 16.3 Å². The Morgan fingerprint density at radius 3 is 2.28 bits per heavy atom. The molecule has 1 fully saturated rings. The summed E-state index contributed by atoms with van der Waals surface area (Å²) in [6, 6.07) is 8.50. The molecule has 0 saturated carbocycles. The van der Waals surface area contributed by atoms with Crippen LogP contribution < -0.4 is 20.7 Å². The van der Waals surface area contributed by atoms with Crippen LogP contribution in [0.5, 0.6) is 0 Å². The zero-order valence-corrected chi connectivity index (χ0v) is 15.6. The molecule has 1 atom stereocenters. The molecule has 1 saturated heterocycles. The van der Waals surface area contributed by atoms with Gasteiger partial charge in [-0.25, -0.2) is 18.1 Å². The first kappa shape index (κ1) is 20.6. The number of anilines is 2. The van der Waals surface area contributed by atoms with E-state index in [1.807, 2.05) is 0 Å². The van der Waals surface area contributed by atoms with Gasteiger partial charge in [0, 0.05) is 5.69 Å². The fourth-order valence-electron chi connectivity index (χ4n) is 2.76. The van der Waals surface area contributed by atoms with Crippen LogP contribution in [0.1, 0.15) is 5.56 Å². The SMILES string of the molecule is Cc1cccc(N2C(=O)N[C@@](NS(=O)(=O)c3ccc(N)cc3)(C(F)(F)F)C2=O)c1. The third-order valence-corrected chi connectivity index (χ3v) is 5.65. The number of carbonyl (C=O) groups excluding carboxylic acids is 2. The van der Waals surface area contributed by atoms with E-state index in [1.54, 1.807) is 13.0 Å². The van der Waals surface area contributed by atoms with Gasteiger partial charge in [-0.15, -0.1) is 0 Å². The maximum absolute atomic E-state index is 13.9. The molecule has 1 aliphatic heterocycles. The smallest absolute Gasteiger partial charge is 0.399 e. The molecular weight excluding hydrogens is 413 g/mol. The van der Waals surface area contributed by atoms with E-state index in [9.17, 15) is 31.2 Å². The van der Waals surface area contributed by atoms with Crippen LogP contribution >= 0.6 is 0 Å². The lowest BCUT2D eigenvalue weighted by molar-refractivity contribution is -0.194. The average molecular weight is 428 g/mol. The van der Waals surface area contributed by atoms with E-state index >= 15 is 0 Å². The third-order valence-electron chi connectivity index (χ3n) is 4.18. The van der Waals surface area contributed by atoms with Crippen molar-refractivity contribution in [3.05, 3.63) is 54.1 Å². The van der Waals surface area contributed by atoms with E-state index in [2.05, 4.69) is 0 Å². The molecule has 2 aromatic carbocycles. The Bertz CT molecular complexity index is 1090. The molecule has 0 aromatic heterocycles. The number of urea groups is 1. The second kappa shape index (κ2) is 6.74. The standard InChI is InChI=1S/C17H15F3N4O4S/c1-10-3-2-4-12(9-10)24-14(25)16(17(18,19)20,22-15(24)26)23-29(27,28)13-7-5-11(21)6-8-13/h2-9,23H,21H2,1H3,(H,22,26)/t16-/m0/s1. The summed E-state index contributed by atoms with van der Waals surface area (Å²) in [5, 5.41) is 1.46. The first-order valence-electron chi connectivity index (χ1n) is 8.07. The molecule has 0 radical (unpaired) electrons.